The van der Waals surface area contributed by atoms with Gasteiger partial charge in [-0.2, -0.15) is 0 Å². The Balaban J connectivity index is 1.97. The Bertz CT molecular complexity index is 1640. The number of hydrogen-bond acceptors (Lipinski definition) is 15. The van der Waals surface area contributed by atoms with Gasteiger partial charge < -0.3 is 57.1 Å². The fourth-order valence-corrected chi connectivity index (χ4v) is 12.7. The van der Waals surface area contributed by atoms with Crippen molar-refractivity contribution in [1.29, 1.82) is 0 Å². The lowest BCUT2D eigenvalue weighted by Crippen LogP contribution is -2.67. The minimum atomic E-state index is -2.28. The van der Waals surface area contributed by atoms with Crippen molar-refractivity contribution in [3.63, 3.8) is 0 Å². The predicted octanol–water partition coefficient (Wildman–Crippen LogP) is 6.14. The Morgan fingerprint density at radius 1 is 0.875 bits per heavy atom. The average molecular weight is 945 g/mol. The van der Waals surface area contributed by atoms with Crippen molar-refractivity contribution < 1.29 is 66.6 Å². The van der Waals surface area contributed by atoms with Crippen molar-refractivity contribution in [2.24, 2.45) is 23.7 Å². The van der Waals surface area contributed by atoms with E-state index in [-0.39, 0.29) is 38.0 Å². The lowest BCUT2D eigenvalue weighted by Gasteiger charge is -2.51. The van der Waals surface area contributed by atoms with Crippen molar-refractivity contribution >= 4 is 34.5 Å². The Morgan fingerprint density at radius 3 is 2.02 bits per heavy atom. The minimum absolute atomic E-state index is 0.0147. The topological polar surface area (TPSA) is 190 Å². The molecule has 0 saturated carbocycles. The number of aliphatic hydroxyl groups is 2. The van der Waals surface area contributed by atoms with Crippen molar-refractivity contribution in [2.75, 3.05) is 20.7 Å². The summed E-state index contributed by atoms with van der Waals surface area (Å²) < 4.78 is 59.8. The zero-order valence-corrected chi connectivity index (χ0v) is 44.1. The molecule has 0 aromatic rings. The van der Waals surface area contributed by atoms with Gasteiger partial charge in [0.15, 0.2) is 40.5 Å². The molecule has 0 aromatic heterocycles. The van der Waals surface area contributed by atoms with Crippen LogP contribution in [-0.4, -0.2) is 154 Å². The average Bonchev–Trinajstić information content (AvgIpc) is 3.41. The first-order valence-corrected chi connectivity index (χ1v) is 30.1. The molecule has 18 heteroatoms. The zero-order valence-electron chi connectivity index (χ0n) is 42.1. The second-order valence-corrected chi connectivity index (χ2v) is 30.8. The third-order valence-electron chi connectivity index (χ3n) is 13.6. The second-order valence-electron chi connectivity index (χ2n) is 21.9. The van der Waals surface area contributed by atoms with E-state index in [0.717, 1.165) is 0 Å². The number of likely N-dealkylation sites (N-methyl/N-ethyl adjacent to an activating group) is 1. The fourth-order valence-electron chi connectivity index (χ4n) is 10.4. The Labute approximate surface area is 385 Å². The number of nitrogens with one attached hydrogen (secondary N) is 1. The highest BCUT2D eigenvalue weighted by atomic mass is 28.4. The molecule has 3 N–H and O–H groups in total. The third-order valence-corrected chi connectivity index (χ3v) is 15.6. The normalized spacial score (nSPS) is 44.4. The van der Waals surface area contributed by atoms with Crippen molar-refractivity contribution in [2.45, 2.75) is 218 Å². The van der Waals surface area contributed by atoms with E-state index in [1.54, 1.807) is 33.8 Å². The van der Waals surface area contributed by atoms with Gasteiger partial charge in [0.2, 0.25) is 0 Å². The number of ether oxygens (including phenoxy) is 7. The number of nitrogens with zero attached hydrogens (tertiary/aromatic N) is 1. The molecule has 4 heterocycles. The molecule has 64 heavy (non-hydrogen) atoms. The van der Waals surface area contributed by atoms with Gasteiger partial charge >= 0.3 is 12.1 Å². The van der Waals surface area contributed by atoms with E-state index in [9.17, 15) is 24.6 Å². The molecule has 4 aliphatic heterocycles. The molecule has 0 radical (unpaired) electrons. The van der Waals surface area contributed by atoms with Gasteiger partial charge in [-0.3, -0.25) is 14.9 Å². The highest BCUT2D eigenvalue weighted by Gasteiger charge is 2.67. The largest absolute Gasteiger partial charge is 0.458 e. The molecule has 4 saturated heterocycles. The molecule has 0 aromatic carbocycles. The van der Waals surface area contributed by atoms with E-state index >= 15 is 0 Å². The number of hydrogen-bond donors (Lipinski definition) is 3. The predicted molar refractivity (Wildman–Crippen MR) is 246 cm³/mol. The molecule has 0 bridgehead atoms. The van der Waals surface area contributed by atoms with Gasteiger partial charge in [0.25, 0.3) is 0 Å². The summed E-state index contributed by atoms with van der Waals surface area (Å²) >= 11 is 0. The summed E-state index contributed by atoms with van der Waals surface area (Å²) in [5, 5.41) is 26.9. The van der Waals surface area contributed by atoms with Crippen molar-refractivity contribution in [3.8, 4) is 0 Å². The summed E-state index contributed by atoms with van der Waals surface area (Å²) in [4.78, 5) is 44.8. The number of fused-ring (bicyclic) bond motifs is 1. The first-order valence-electron chi connectivity index (χ1n) is 23.3. The van der Waals surface area contributed by atoms with Gasteiger partial charge in [0.05, 0.1) is 60.2 Å². The maximum atomic E-state index is 14.8. The van der Waals surface area contributed by atoms with E-state index in [2.05, 4.69) is 36.4 Å². The molecule has 4 aliphatic rings. The molecular weight excluding hydrogens is 861 g/mol. The van der Waals surface area contributed by atoms with Crippen LogP contribution in [0, 0.1) is 23.7 Å². The van der Waals surface area contributed by atoms with Crippen LogP contribution in [0.15, 0.2) is 12.7 Å². The van der Waals surface area contributed by atoms with E-state index in [0.29, 0.717) is 6.42 Å². The number of carbonyl (C=O) groups is 3. The fraction of sp³-hybridized carbons (Fsp3) is 0.891. The third kappa shape index (κ3) is 12.1. The second kappa shape index (κ2) is 20.4. The molecule has 0 spiro atoms. The van der Waals surface area contributed by atoms with Crippen LogP contribution < -0.4 is 5.32 Å². The summed E-state index contributed by atoms with van der Waals surface area (Å²) in [6.45, 7) is 34.0. The number of alkyl carbamates (subject to hydrolysis) is 1. The molecule has 16 nitrogen and oxygen atoms in total. The first kappa shape index (κ1) is 54.8. The monoisotopic (exact) mass is 945 g/mol. The molecule has 1 unspecified atom stereocenters. The van der Waals surface area contributed by atoms with Gasteiger partial charge in [-0.1, -0.05) is 33.8 Å². The minimum Gasteiger partial charge on any atom is -0.458 e. The molecular formula is C46H84N2O14Si2. The number of cyclic esters (lactones) is 1. The Hall–Kier alpha value is -1.82. The van der Waals surface area contributed by atoms with E-state index < -0.39 is 130 Å². The molecule has 1 amide bonds. The quantitative estimate of drug-likeness (QED) is 0.108. The summed E-state index contributed by atoms with van der Waals surface area (Å²) in [6.07, 6.45) is -5.65. The van der Waals surface area contributed by atoms with Crippen LogP contribution in [0.3, 0.4) is 0 Å². The lowest BCUT2D eigenvalue weighted by atomic mass is 9.71. The maximum Gasteiger partial charge on any atom is 0.410 e. The smallest absolute Gasteiger partial charge is 0.410 e. The highest BCUT2D eigenvalue weighted by Crippen LogP contribution is 2.46. The van der Waals surface area contributed by atoms with Crippen LogP contribution in [0.1, 0.15) is 94.9 Å². The van der Waals surface area contributed by atoms with Crippen molar-refractivity contribution in [3.05, 3.63) is 12.7 Å². The number of esters is 1. The van der Waals surface area contributed by atoms with Crippen LogP contribution in [0.5, 0.6) is 0 Å². The van der Waals surface area contributed by atoms with Gasteiger partial charge in [0.1, 0.15) is 18.0 Å². The van der Waals surface area contributed by atoms with E-state index in [1.807, 2.05) is 61.4 Å². The van der Waals surface area contributed by atoms with Crippen LogP contribution in [0.4, 0.5) is 4.79 Å². The standard InChI is InChI=1S/C46H84N2O14Si2/c1-20-22-54-44(10)24-26(3)35(49)30(7)46(53)45(11,60-42(51)47-46)33(21-2)57-40(50)29(6)36(58-34-25-43(9,52)39(31(8)56-34)62-64(17,18)19)28(5)38(44)59-41-37(61-63(14,15)16)32(48(12)13)23-27(4)55-41/h20,26-34,36-39,41,52-53H,1,21-25H2,2-19H3,(H,47,51)/t26-,27-,28+,29-,30+,31+,32+,33-,34+,36+,37-,38-,39+,41+,43?,44-,45-,46+/m1/s1. The molecule has 4 fully saturated rings. The highest BCUT2D eigenvalue weighted by molar-refractivity contribution is 6.70. The number of ketones is 1. The SMILES string of the molecule is C=CCO[C@]1(C)C[C@@H](C)C(=O)[C@H](C)[C@@]2(O)NC(=O)O[C@]2(C)[C@@H](CC)OC(=O)[C@H](C)[C@@H](O[C@H]2CC(C)(O)[C@@H](O[Si](C)(C)C)[C@H](C)O2)[C@H](C)[C@H]1O[C@@H]1O[C@H](C)C[C@H](N(C)C)[C@H]1O[Si](C)(C)C. The number of amides is 1. The van der Waals surface area contributed by atoms with Gasteiger partial charge in [-0.05, 0) is 114 Å². The molecule has 4 rings (SSSR count). The van der Waals surface area contributed by atoms with E-state index in [1.165, 1.54) is 13.8 Å². The van der Waals surface area contributed by atoms with Crippen LogP contribution >= 0.6 is 0 Å². The van der Waals surface area contributed by atoms with Gasteiger partial charge in [-0.15, -0.1) is 6.58 Å². The Morgan fingerprint density at radius 2 is 1.48 bits per heavy atom. The number of carbonyl (C=O) groups excluding carboxylic acids is 3. The molecule has 0 aliphatic carbocycles. The van der Waals surface area contributed by atoms with Crippen molar-refractivity contribution in [1.82, 2.24) is 10.2 Å². The Kier molecular flexibility index (Phi) is 17.5. The summed E-state index contributed by atoms with van der Waals surface area (Å²) in [5.74, 6) is -4.95. The lowest BCUT2D eigenvalue weighted by molar-refractivity contribution is -0.316. The van der Waals surface area contributed by atoms with Gasteiger partial charge in [-0.25, -0.2) is 4.79 Å². The molecule has 370 valence electrons. The van der Waals surface area contributed by atoms with E-state index in [4.69, 9.17) is 42.0 Å². The zero-order chi connectivity index (χ0) is 48.7. The van der Waals surface area contributed by atoms with Crippen LogP contribution in [0.2, 0.25) is 39.3 Å². The summed E-state index contributed by atoms with van der Waals surface area (Å²) in [6, 6.07) is -0.0903. The first-order chi connectivity index (χ1) is 29.2. The number of Topliss-reactive ketones (excluding diaryl/α,β-unsaturated/α-hetero) is 1. The van der Waals surface area contributed by atoms with Crippen LogP contribution in [0.25, 0.3) is 0 Å². The summed E-state index contributed by atoms with van der Waals surface area (Å²) in [7, 11) is -0.358. The summed E-state index contributed by atoms with van der Waals surface area (Å²) in [5.41, 5.74) is -6.86. The maximum absolute atomic E-state index is 14.8. The number of rotatable bonds is 13. The van der Waals surface area contributed by atoms with Crippen LogP contribution in [-0.2, 0) is 51.6 Å². The molecule has 18 atom stereocenters. The van der Waals surface area contributed by atoms with Gasteiger partial charge in [0, 0.05) is 24.3 Å².